The van der Waals surface area contributed by atoms with Gasteiger partial charge >= 0.3 is 0 Å². The van der Waals surface area contributed by atoms with E-state index in [1.807, 2.05) is 0 Å². The molecule has 0 aromatic heterocycles. The summed E-state index contributed by atoms with van der Waals surface area (Å²) in [7, 11) is -3.19. The van der Waals surface area contributed by atoms with Gasteiger partial charge in [0.15, 0.2) is 0 Å². The second-order valence-electron chi connectivity index (χ2n) is 12.1. The van der Waals surface area contributed by atoms with E-state index < -0.39 is 16.1 Å². The number of benzene rings is 2. The van der Waals surface area contributed by atoms with Crippen LogP contribution in [0.4, 0.5) is 10.1 Å². The molecule has 1 atom stereocenters. The Morgan fingerprint density at radius 1 is 1.00 bits per heavy atom. The molecule has 0 spiro atoms. The number of amides is 2. The fourth-order valence-corrected chi connectivity index (χ4v) is 7.37. The maximum absolute atomic E-state index is 13.6. The summed E-state index contributed by atoms with van der Waals surface area (Å²) >= 11 is 0. The average Bonchev–Trinajstić information content (AvgIpc) is 3.39. The number of carbonyl (C=O) groups excluding carboxylic acids is 2. The van der Waals surface area contributed by atoms with E-state index in [1.165, 1.54) is 23.0 Å². The topological polar surface area (TPSA) is 108 Å². The van der Waals surface area contributed by atoms with E-state index in [4.69, 9.17) is 4.74 Å². The van der Waals surface area contributed by atoms with Gasteiger partial charge in [0.2, 0.25) is 15.9 Å². The van der Waals surface area contributed by atoms with E-state index in [9.17, 15) is 22.4 Å². The zero-order valence-corrected chi connectivity index (χ0v) is 25.7. The molecule has 0 radical (unpaired) electrons. The zero-order chi connectivity index (χ0) is 30.4. The van der Waals surface area contributed by atoms with Crippen LogP contribution in [0.25, 0.3) is 0 Å². The number of halogens is 1. The average molecular weight is 615 g/mol. The fourth-order valence-electron chi connectivity index (χ4n) is 6.50. The lowest BCUT2D eigenvalue weighted by Crippen LogP contribution is -2.49. The highest BCUT2D eigenvalue weighted by Crippen LogP contribution is 2.29. The highest BCUT2D eigenvalue weighted by atomic mass is 32.2. The smallest absolute Gasteiger partial charge is 0.251 e. The number of fused-ring (bicyclic) bond motifs is 1. The molecule has 5 rings (SSSR count). The minimum Gasteiger partial charge on any atom is -0.490 e. The molecule has 2 heterocycles. The number of nitrogens with one attached hydrogen (secondary N) is 2. The molecular formula is C32H43FN4O5S. The van der Waals surface area contributed by atoms with Gasteiger partial charge in [0.1, 0.15) is 23.7 Å². The van der Waals surface area contributed by atoms with Crippen molar-refractivity contribution in [3.8, 4) is 5.75 Å². The van der Waals surface area contributed by atoms with E-state index in [-0.39, 0.29) is 23.7 Å². The predicted molar refractivity (Wildman–Crippen MR) is 164 cm³/mol. The molecule has 43 heavy (non-hydrogen) atoms. The second-order valence-corrected chi connectivity index (χ2v) is 14.1. The molecule has 0 unspecified atom stereocenters. The summed E-state index contributed by atoms with van der Waals surface area (Å²) in [6.45, 7) is 2.70. The molecule has 9 nitrogen and oxygen atoms in total. The van der Waals surface area contributed by atoms with Crippen LogP contribution in [0.1, 0.15) is 67.3 Å². The number of sulfonamides is 1. The molecule has 2 fully saturated rings. The highest BCUT2D eigenvalue weighted by Gasteiger charge is 2.28. The molecule has 0 bridgehead atoms. The van der Waals surface area contributed by atoms with E-state index >= 15 is 0 Å². The number of ether oxygens (including phenoxy) is 1. The third-order valence-corrected chi connectivity index (χ3v) is 10.2. The van der Waals surface area contributed by atoms with Crippen LogP contribution < -0.4 is 20.3 Å². The van der Waals surface area contributed by atoms with Gasteiger partial charge in [-0.2, -0.15) is 0 Å². The number of rotatable bonds is 11. The summed E-state index contributed by atoms with van der Waals surface area (Å²) in [6.07, 6.45) is 9.39. The van der Waals surface area contributed by atoms with Gasteiger partial charge < -0.3 is 20.3 Å². The number of hydrogen-bond acceptors (Lipinski definition) is 6. The van der Waals surface area contributed by atoms with E-state index in [2.05, 4.69) is 15.5 Å². The van der Waals surface area contributed by atoms with Gasteiger partial charge in [-0.15, -0.1) is 0 Å². The third-order valence-electron chi connectivity index (χ3n) is 8.92. The van der Waals surface area contributed by atoms with Crippen LogP contribution in [0.15, 0.2) is 42.5 Å². The molecule has 2 N–H and O–H groups in total. The molecular weight excluding hydrogens is 571 g/mol. The lowest BCUT2D eigenvalue weighted by atomic mass is 9.84. The number of nitrogens with zero attached hydrogens (tertiary/aromatic N) is 2. The van der Waals surface area contributed by atoms with Gasteiger partial charge in [0.05, 0.1) is 6.26 Å². The fraction of sp³-hybridized carbons (Fsp3) is 0.562. The van der Waals surface area contributed by atoms with Crippen molar-refractivity contribution < 1.29 is 27.1 Å². The predicted octanol–water partition coefficient (Wildman–Crippen LogP) is 3.88. The van der Waals surface area contributed by atoms with Crippen LogP contribution in [-0.4, -0.2) is 75.7 Å². The molecule has 2 aromatic carbocycles. The first kappa shape index (κ1) is 31.3. The van der Waals surface area contributed by atoms with Gasteiger partial charge in [-0.25, -0.2) is 17.1 Å². The summed E-state index contributed by atoms with van der Waals surface area (Å²) < 4.78 is 44.6. The Labute approximate surface area is 254 Å². The first-order valence-electron chi connectivity index (χ1n) is 15.5. The van der Waals surface area contributed by atoms with Gasteiger partial charge in [0, 0.05) is 44.0 Å². The van der Waals surface area contributed by atoms with Crippen molar-refractivity contribution in [2.24, 2.45) is 5.92 Å². The molecule has 1 saturated heterocycles. The Hall–Kier alpha value is -3.18. The van der Waals surface area contributed by atoms with Crippen molar-refractivity contribution in [3.05, 3.63) is 59.4 Å². The molecule has 11 heteroatoms. The Morgan fingerprint density at radius 3 is 2.42 bits per heavy atom. The first-order chi connectivity index (χ1) is 20.7. The summed E-state index contributed by atoms with van der Waals surface area (Å²) in [5.41, 5.74) is 2.44. The normalized spacial score (nSPS) is 19.1. The quantitative estimate of drug-likeness (QED) is 0.398. The van der Waals surface area contributed by atoms with E-state index in [0.29, 0.717) is 62.7 Å². The molecule has 234 valence electrons. The summed E-state index contributed by atoms with van der Waals surface area (Å²) in [4.78, 5) is 28.8. The van der Waals surface area contributed by atoms with Crippen molar-refractivity contribution >= 4 is 27.5 Å². The Balaban J connectivity index is 1.15. The zero-order valence-electron chi connectivity index (χ0n) is 24.9. The van der Waals surface area contributed by atoms with Crippen molar-refractivity contribution in [1.82, 2.24) is 14.9 Å². The maximum atomic E-state index is 13.6. The van der Waals surface area contributed by atoms with Crippen LogP contribution >= 0.6 is 0 Å². The molecule has 2 aromatic rings. The minimum absolute atomic E-state index is 0.0866. The molecule has 2 aliphatic heterocycles. The van der Waals surface area contributed by atoms with E-state index in [1.54, 1.807) is 36.4 Å². The van der Waals surface area contributed by atoms with Gasteiger partial charge in [-0.1, -0.05) is 32.1 Å². The lowest BCUT2D eigenvalue weighted by Gasteiger charge is -2.30. The van der Waals surface area contributed by atoms with Crippen LogP contribution in [0.2, 0.25) is 0 Å². The SMILES string of the molecule is CS(=O)(=O)N1CCC(Oc2ccc(C(=O)N[C@@H](CC3CCCCC3)C(=O)NCCN3CCc4cc(F)ccc43)cc2)CC1. The molecule has 3 aliphatic rings. The van der Waals surface area contributed by atoms with Crippen molar-refractivity contribution in [2.75, 3.05) is 43.9 Å². The van der Waals surface area contributed by atoms with Gasteiger partial charge in [-0.05, 0) is 79.6 Å². The van der Waals surface area contributed by atoms with E-state index in [0.717, 1.165) is 49.9 Å². The van der Waals surface area contributed by atoms with Crippen LogP contribution in [0.5, 0.6) is 5.75 Å². The monoisotopic (exact) mass is 614 g/mol. The molecule has 1 aliphatic carbocycles. The Kier molecular flexibility index (Phi) is 10.2. The minimum atomic E-state index is -3.19. The van der Waals surface area contributed by atoms with Crippen LogP contribution in [-0.2, 0) is 21.2 Å². The second kappa shape index (κ2) is 14.1. The highest BCUT2D eigenvalue weighted by molar-refractivity contribution is 7.88. The standard InChI is InChI=1S/C32H43FN4O5S/c1-43(40,41)37-18-14-28(15-19-37)42-27-10-7-24(8-11-27)31(38)35-29(21-23-5-3-2-4-6-23)32(39)34-16-20-36-17-13-25-22-26(33)9-12-30(25)36/h7-12,22-23,28-29H,2-6,13-21H2,1H3,(H,34,39)(H,35,38)/t29-/m0/s1. The number of carbonyl (C=O) groups is 2. The third kappa shape index (κ3) is 8.47. The largest absolute Gasteiger partial charge is 0.490 e. The Morgan fingerprint density at radius 2 is 1.72 bits per heavy atom. The van der Waals surface area contributed by atoms with Crippen molar-refractivity contribution in [2.45, 2.75) is 69.9 Å². The van der Waals surface area contributed by atoms with Gasteiger partial charge in [0.25, 0.3) is 5.91 Å². The van der Waals surface area contributed by atoms with Crippen LogP contribution in [0, 0.1) is 11.7 Å². The van der Waals surface area contributed by atoms with Gasteiger partial charge in [-0.3, -0.25) is 9.59 Å². The summed E-state index contributed by atoms with van der Waals surface area (Å²) in [5, 5.41) is 6.03. The van der Waals surface area contributed by atoms with Crippen LogP contribution in [0.3, 0.4) is 0 Å². The molecule has 2 amide bonds. The number of hydrogen-bond donors (Lipinski definition) is 2. The van der Waals surface area contributed by atoms with Crippen molar-refractivity contribution in [3.63, 3.8) is 0 Å². The number of anilines is 1. The number of piperidine rings is 1. The summed E-state index contributed by atoms with van der Waals surface area (Å²) in [6, 6.07) is 11.1. The Bertz CT molecular complexity index is 1370. The summed E-state index contributed by atoms with van der Waals surface area (Å²) in [5.74, 6) is 0.300. The van der Waals surface area contributed by atoms with Crippen molar-refractivity contribution in [1.29, 1.82) is 0 Å². The maximum Gasteiger partial charge on any atom is 0.251 e. The first-order valence-corrected chi connectivity index (χ1v) is 17.3. The molecule has 1 saturated carbocycles. The lowest BCUT2D eigenvalue weighted by molar-refractivity contribution is -0.123.